The van der Waals surface area contributed by atoms with Crippen LogP contribution in [0.4, 0.5) is 11.5 Å². The highest BCUT2D eigenvalue weighted by molar-refractivity contribution is 5.94. The van der Waals surface area contributed by atoms with Gasteiger partial charge in [-0.25, -0.2) is 4.98 Å². The number of pyridine rings is 2. The van der Waals surface area contributed by atoms with Gasteiger partial charge in [0.25, 0.3) is 5.91 Å². The summed E-state index contributed by atoms with van der Waals surface area (Å²) < 4.78 is 2.03. The first-order valence-electron chi connectivity index (χ1n) is 11.6. The molecule has 1 N–H and O–H groups in total. The van der Waals surface area contributed by atoms with Crippen LogP contribution in [0.15, 0.2) is 67.0 Å². The monoisotopic (exact) mass is 456 g/mol. The Morgan fingerprint density at radius 3 is 2.50 bits per heavy atom. The Morgan fingerprint density at radius 2 is 1.82 bits per heavy atom. The van der Waals surface area contributed by atoms with Crippen molar-refractivity contribution in [2.75, 3.05) is 37.5 Å². The number of imidazole rings is 1. The van der Waals surface area contributed by atoms with Gasteiger partial charge in [0.05, 0.1) is 11.3 Å². The summed E-state index contributed by atoms with van der Waals surface area (Å²) in [4.78, 5) is 26.2. The first-order chi connectivity index (χ1) is 16.5. The third-order valence-electron chi connectivity index (χ3n) is 5.89. The van der Waals surface area contributed by atoms with E-state index in [9.17, 15) is 4.79 Å². The van der Waals surface area contributed by atoms with E-state index in [2.05, 4.69) is 58.3 Å². The van der Waals surface area contributed by atoms with Gasteiger partial charge in [0.2, 0.25) is 0 Å². The number of fused-ring (bicyclic) bond motifs is 1. The fourth-order valence-electron chi connectivity index (χ4n) is 4.06. The van der Waals surface area contributed by atoms with E-state index < -0.39 is 0 Å². The van der Waals surface area contributed by atoms with Gasteiger partial charge in [-0.2, -0.15) is 0 Å². The van der Waals surface area contributed by atoms with E-state index in [0.717, 1.165) is 35.8 Å². The van der Waals surface area contributed by atoms with Crippen molar-refractivity contribution in [3.63, 3.8) is 0 Å². The van der Waals surface area contributed by atoms with Crippen molar-refractivity contribution in [1.82, 2.24) is 19.7 Å². The van der Waals surface area contributed by atoms with Crippen LogP contribution in [-0.2, 0) is 19.4 Å². The number of aromatic nitrogens is 3. The SMILES string of the molecule is CCc1nc2ccc(C(=O)NCCc3ccccn3)cn2c1N(C)Cc1ccc(N(C)C)cc1. The molecule has 0 aliphatic rings. The molecule has 0 spiro atoms. The Kier molecular flexibility index (Phi) is 7.11. The second kappa shape index (κ2) is 10.4. The first kappa shape index (κ1) is 23.3. The van der Waals surface area contributed by atoms with Crippen LogP contribution in [0.2, 0.25) is 0 Å². The number of nitrogens with zero attached hydrogens (tertiary/aromatic N) is 5. The fraction of sp³-hybridized carbons (Fsp3) is 0.296. The summed E-state index contributed by atoms with van der Waals surface area (Å²) in [6.45, 7) is 3.39. The lowest BCUT2D eigenvalue weighted by molar-refractivity contribution is 0.0953. The topological polar surface area (TPSA) is 65.8 Å². The lowest BCUT2D eigenvalue weighted by atomic mass is 10.2. The van der Waals surface area contributed by atoms with E-state index >= 15 is 0 Å². The molecule has 0 atom stereocenters. The van der Waals surface area contributed by atoms with Gasteiger partial charge < -0.3 is 15.1 Å². The van der Waals surface area contributed by atoms with E-state index in [1.165, 1.54) is 11.3 Å². The number of hydrogen-bond acceptors (Lipinski definition) is 5. The Hall–Kier alpha value is -3.87. The van der Waals surface area contributed by atoms with Crippen molar-refractivity contribution in [3.05, 3.63) is 89.5 Å². The Bertz CT molecular complexity index is 1250. The molecule has 34 heavy (non-hydrogen) atoms. The van der Waals surface area contributed by atoms with Crippen LogP contribution in [0, 0.1) is 0 Å². The van der Waals surface area contributed by atoms with E-state index in [0.29, 0.717) is 18.5 Å². The number of anilines is 2. The molecular formula is C27H32N6O. The van der Waals surface area contributed by atoms with Crippen LogP contribution in [-0.4, -0.2) is 48.0 Å². The van der Waals surface area contributed by atoms with Gasteiger partial charge in [-0.3, -0.25) is 14.2 Å². The number of rotatable bonds is 9. The van der Waals surface area contributed by atoms with Crippen LogP contribution in [0.1, 0.15) is 34.2 Å². The van der Waals surface area contributed by atoms with Crippen LogP contribution in [0.5, 0.6) is 0 Å². The van der Waals surface area contributed by atoms with Gasteiger partial charge in [-0.05, 0) is 48.4 Å². The highest BCUT2D eigenvalue weighted by Crippen LogP contribution is 2.25. The molecular weight excluding hydrogens is 424 g/mol. The van der Waals surface area contributed by atoms with E-state index in [1.54, 1.807) is 6.20 Å². The summed E-state index contributed by atoms with van der Waals surface area (Å²) in [5, 5.41) is 3.01. The summed E-state index contributed by atoms with van der Waals surface area (Å²) >= 11 is 0. The van der Waals surface area contributed by atoms with E-state index in [1.807, 2.05) is 55.0 Å². The number of benzene rings is 1. The highest BCUT2D eigenvalue weighted by atomic mass is 16.1. The highest BCUT2D eigenvalue weighted by Gasteiger charge is 2.17. The van der Waals surface area contributed by atoms with Crippen LogP contribution in [0.3, 0.4) is 0 Å². The zero-order chi connectivity index (χ0) is 24.1. The van der Waals surface area contributed by atoms with Crippen LogP contribution < -0.4 is 15.1 Å². The maximum Gasteiger partial charge on any atom is 0.252 e. The quantitative estimate of drug-likeness (QED) is 0.413. The standard InChI is InChI=1S/C27H32N6O/c1-5-24-27(32(4)18-20-9-12-23(13-10-20)31(2)3)33-19-21(11-14-25(33)30-24)26(34)29-17-15-22-8-6-7-16-28-22/h6-14,16,19H,5,15,17-18H2,1-4H3,(H,29,34). The largest absolute Gasteiger partial charge is 0.378 e. The number of aryl methyl sites for hydroxylation is 1. The predicted molar refractivity (Wildman–Crippen MR) is 138 cm³/mol. The molecule has 4 aromatic rings. The van der Waals surface area contributed by atoms with Crippen molar-refractivity contribution in [2.45, 2.75) is 26.3 Å². The van der Waals surface area contributed by atoms with Crippen molar-refractivity contribution >= 4 is 23.1 Å². The minimum atomic E-state index is -0.0996. The van der Waals surface area contributed by atoms with Gasteiger partial charge in [-0.1, -0.05) is 25.1 Å². The molecule has 3 aromatic heterocycles. The minimum Gasteiger partial charge on any atom is -0.378 e. The number of amides is 1. The van der Waals surface area contributed by atoms with Crippen molar-refractivity contribution in [1.29, 1.82) is 0 Å². The molecule has 4 rings (SSSR count). The van der Waals surface area contributed by atoms with Gasteiger partial charge >= 0.3 is 0 Å². The number of hydrogen-bond donors (Lipinski definition) is 1. The molecule has 1 aromatic carbocycles. The Morgan fingerprint density at radius 1 is 1.03 bits per heavy atom. The van der Waals surface area contributed by atoms with Crippen LogP contribution in [0.25, 0.3) is 5.65 Å². The van der Waals surface area contributed by atoms with E-state index in [-0.39, 0.29) is 5.91 Å². The van der Waals surface area contributed by atoms with Crippen molar-refractivity contribution in [2.24, 2.45) is 0 Å². The number of carbonyl (C=O) groups excluding carboxylic acids is 1. The Labute approximate surface area is 201 Å². The Balaban J connectivity index is 1.53. The molecule has 7 nitrogen and oxygen atoms in total. The summed E-state index contributed by atoms with van der Waals surface area (Å²) in [6, 6.07) is 18.1. The summed E-state index contributed by atoms with van der Waals surface area (Å²) in [5.41, 5.74) is 5.82. The zero-order valence-electron chi connectivity index (χ0n) is 20.3. The zero-order valence-corrected chi connectivity index (χ0v) is 20.3. The van der Waals surface area contributed by atoms with Crippen LogP contribution >= 0.6 is 0 Å². The second-order valence-electron chi connectivity index (χ2n) is 8.63. The molecule has 0 radical (unpaired) electrons. The molecule has 0 saturated heterocycles. The maximum absolute atomic E-state index is 12.8. The average molecular weight is 457 g/mol. The lowest BCUT2D eigenvalue weighted by Gasteiger charge is -2.21. The molecule has 0 fully saturated rings. The van der Waals surface area contributed by atoms with Gasteiger partial charge in [0.1, 0.15) is 11.5 Å². The molecule has 7 heteroatoms. The molecule has 0 bridgehead atoms. The minimum absolute atomic E-state index is 0.0996. The van der Waals surface area contributed by atoms with Gasteiger partial charge in [0.15, 0.2) is 0 Å². The average Bonchev–Trinajstić information content (AvgIpc) is 3.23. The molecule has 0 unspecified atom stereocenters. The van der Waals surface area contributed by atoms with E-state index in [4.69, 9.17) is 4.98 Å². The third kappa shape index (κ3) is 5.20. The molecule has 176 valence electrons. The molecule has 0 aliphatic heterocycles. The summed E-state index contributed by atoms with van der Waals surface area (Å²) in [5.74, 6) is 0.912. The van der Waals surface area contributed by atoms with Crippen molar-refractivity contribution in [3.8, 4) is 0 Å². The fourth-order valence-corrected chi connectivity index (χ4v) is 4.06. The third-order valence-corrected chi connectivity index (χ3v) is 5.89. The summed E-state index contributed by atoms with van der Waals surface area (Å²) in [6.07, 6.45) is 5.16. The number of carbonyl (C=O) groups is 1. The van der Waals surface area contributed by atoms with Gasteiger partial charge in [-0.15, -0.1) is 0 Å². The predicted octanol–water partition coefficient (Wildman–Crippen LogP) is 3.97. The number of nitrogens with one attached hydrogen (secondary N) is 1. The molecule has 1 amide bonds. The maximum atomic E-state index is 12.8. The molecule has 3 heterocycles. The lowest BCUT2D eigenvalue weighted by Crippen LogP contribution is -2.26. The second-order valence-corrected chi connectivity index (χ2v) is 8.63. The molecule has 0 aliphatic carbocycles. The molecule has 0 saturated carbocycles. The first-order valence-corrected chi connectivity index (χ1v) is 11.6. The summed E-state index contributed by atoms with van der Waals surface area (Å²) in [7, 11) is 6.15. The smallest absolute Gasteiger partial charge is 0.252 e. The normalized spacial score (nSPS) is 10.9. The van der Waals surface area contributed by atoms with Gasteiger partial charge in [0, 0.05) is 64.4 Å². The van der Waals surface area contributed by atoms with Crippen molar-refractivity contribution < 1.29 is 4.79 Å².